The van der Waals surface area contributed by atoms with E-state index >= 15 is 0 Å². The number of ether oxygens (including phenoxy) is 1. The second-order valence-corrected chi connectivity index (χ2v) is 4.28. The van der Waals surface area contributed by atoms with Crippen molar-refractivity contribution in [2.24, 2.45) is 0 Å². The third-order valence-corrected chi connectivity index (χ3v) is 2.71. The fourth-order valence-corrected chi connectivity index (χ4v) is 1.62. The molecule has 0 saturated carbocycles. The van der Waals surface area contributed by atoms with Crippen LogP contribution in [-0.2, 0) is 6.54 Å². The van der Waals surface area contributed by atoms with Gasteiger partial charge in [-0.25, -0.2) is 9.97 Å². The molecule has 0 radical (unpaired) electrons. The van der Waals surface area contributed by atoms with Crippen molar-refractivity contribution >= 4 is 5.82 Å². The quantitative estimate of drug-likeness (QED) is 0.773. The molecule has 4 heteroatoms. The van der Waals surface area contributed by atoms with Crippen LogP contribution in [0.3, 0.4) is 0 Å². The molecule has 1 heterocycles. The third-order valence-electron chi connectivity index (χ3n) is 2.71. The summed E-state index contributed by atoms with van der Waals surface area (Å²) in [7, 11) is 0. The van der Waals surface area contributed by atoms with Crippen molar-refractivity contribution in [1.82, 2.24) is 9.97 Å². The highest BCUT2D eigenvalue weighted by atomic mass is 16.5. The number of nitrogens with one attached hydrogen (secondary N) is 1. The molecule has 0 aliphatic carbocycles. The van der Waals surface area contributed by atoms with E-state index in [9.17, 15) is 0 Å². The summed E-state index contributed by atoms with van der Waals surface area (Å²) < 4.78 is 5.55. The van der Waals surface area contributed by atoms with Gasteiger partial charge in [-0.2, -0.15) is 0 Å². The molecule has 0 amide bonds. The Bertz CT molecular complexity index is 488. The first kappa shape index (κ1) is 13.3. The zero-order valence-corrected chi connectivity index (χ0v) is 11.2. The van der Waals surface area contributed by atoms with Gasteiger partial charge < -0.3 is 10.1 Å². The highest BCUT2D eigenvalue weighted by Gasteiger charge is 1.99. The Balaban J connectivity index is 1.88. The lowest BCUT2D eigenvalue weighted by Crippen LogP contribution is -2.03. The van der Waals surface area contributed by atoms with Gasteiger partial charge in [0.05, 0.1) is 6.61 Å². The van der Waals surface area contributed by atoms with Crippen LogP contribution in [0.4, 0.5) is 5.82 Å². The number of nitrogens with zero attached hydrogens (tertiary/aromatic N) is 2. The molecule has 1 aromatic heterocycles. The van der Waals surface area contributed by atoms with Crippen LogP contribution < -0.4 is 10.1 Å². The molecule has 0 fully saturated rings. The summed E-state index contributed by atoms with van der Waals surface area (Å²) >= 11 is 0. The van der Waals surface area contributed by atoms with E-state index in [4.69, 9.17) is 4.74 Å². The van der Waals surface area contributed by atoms with E-state index in [0.29, 0.717) is 12.5 Å². The summed E-state index contributed by atoms with van der Waals surface area (Å²) in [6.45, 7) is 3.58. The van der Waals surface area contributed by atoms with E-state index in [1.165, 1.54) is 11.9 Å². The number of unbranched alkanes of at least 4 members (excludes halogenated alkanes) is 1. The molecule has 1 aromatic carbocycles. The van der Waals surface area contributed by atoms with E-state index in [0.717, 1.165) is 25.2 Å². The normalized spacial score (nSPS) is 10.2. The van der Waals surface area contributed by atoms with E-state index < -0.39 is 0 Å². The van der Waals surface area contributed by atoms with Gasteiger partial charge in [-0.05, 0) is 12.0 Å². The third kappa shape index (κ3) is 4.58. The topological polar surface area (TPSA) is 47.0 Å². The van der Waals surface area contributed by atoms with Gasteiger partial charge in [0.1, 0.15) is 12.1 Å². The minimum absolute atomic E-state index is 0.624. The van der Waals surface area contributed by atoms with E-state index in [-0.39, 0.29) is 0 Å². The van der Waals surface area contributed by atoms with E-state index in [2.05, 4.69) is 34.3 Å². The van der Waals surface area contributed by atoms with Crippen molar-refractivity contribution in [2.45, 2.75) is 26.3 Å². The average Bonchev–Trinajstić information content (AvgIpc) is 2.47. The van der Waals surface area contributed by atoms with Crippen LogP contribution in [0.25, 0.3) is 0 Å². The zero-order chi connectivity index (χ0) is 13.3. The first-order chi connectivity index (χ1) is 9.38. The van der Waals surface area contributed by atoms with Crippen molar-refractivity contribution in [1.29, 1.82) is 0 Å². The Morgan fingerprint density at radius 3 is 2.79 bits per heavy atom. The molecule has 19 heavy (non-hydrogen) atoms. The molecule has 0 bridgehead atoms. The van der Waals surface area contributed by atoms with Crippen molar-refractivity contribution in [3.63, 3.8) is 0 Å². The summed E-state index contributed by atoms with van der Waals surface area (Å²) in [5.41, 5.74) is 1.22. The number of rotatable bonds is 7. The van der Waals surface area contributed by atoms with Crippen LogP contribution in [0.5, 0.6) is 5.88 Å². The van der Waals surface area contributed by atoms with Gasteiger partial charge in [-0.3, -0.25) is 0 Å². The molecular formula is C15H19N3O. The molecule has 1 N–H and O–H groups in total. The molecule has 100 valence electrons. The highest BCUT2D eigenvalue weighted by Crippen LogP contribution is 2.12. The SMILES string of the molecule is CCCCOc1cc(NCc2ccccc2)ncn1. The second-order valence-electron chi connectivity index (χ2n) is 4.28. The Kier molecular flexibility index (Phi) is 5.17. The Labute approximate surface area is 113 Å². The molecule has 0 aliphatic heterocycles. The maximum atomic E-state index is 5.55. The first-order valence-corrected chi connectivity index (χ1v) is 6.61. The lowest BCUT2D eigenvalue weighted by Gasteiger charge is -2.08. The number of benzene rings is 1. The fraction of sp³-hybridized carbons (Fsp3) is 0.333. The van der Waals surface area contributed by atoms with E-state index in [1.54, 1.807) is 0 Å². The van der Waals surface area contributed by atoms with Gasteiger partial charge in [0.25, 0.3) is 0 Å². The Hall–Kier alpha value is -2.10. The molecule has 2 rings (SSSR count). The maximum absolute atomic E-state index is 5.55. The molecule has 2 aromatic rings. The minimum atomic E-state index is 0.624. The highest BCUT2D eigenvalue weighted by molar-refractivity contribution is 5.38. The maximum Gasteiger partial charge on any atom is 0.218 e. The molecule has 0 saturated heterocycles. The smallest absolute Gasteiger partial charge is 0.218 e. The summed E-state index contributed by atoms with van der Waals surface area (Å²) in [6.07, 6.45) is 3.68. The monoisotopic (exact) mass is 257 g/mol. The molecule has 0 spiro atoms. The Morgan fingerprint density at radius 1 is 1.16 bits per heavy atom. The van der Waals surface area contributed by atoms with Gasteiger partial charge in [0, 0.05) is 12.6 Å². The lowest BCUT2D eigenvalue weighted by atomic mass is 10.2. The summed E-state index contributed by atoms with van der Waals surface area (Å²) in [4.78, 5) is 8.27. The van der Waals surface area contributed by atoms with Crippen LogP contribution in [0.1, 0.15) is 25.3 Å². The average molecular weight is 257 g/mol. The number of anilines is 1. The van der Waals surface area contributed by atoms with Crippen molar-refractivity contribution in [2.75, 3.05) is 11.9 Å². The molecule has 4 nitrogen and oxygen atoms in total. The van der Waals surface area contributed by atoms with Crippen LogP contribution in [0.15, 0.2) is 42.7 Å². The predicted octanol–water partition coefficient (Wildman–Crippen LogP) is 3.27. The Morgan fingerprint density at radius 2 is 2.00 bits per heavy atom. The van der Waals surface area contributed by atoms with Gasteiger partial charge in [-0.15, -0.1) is 0 Å². The number of hydrogen-bond acceptors (Lipinski definition) is 4. The zero-order valence-electron chi connectivity index (χ0n) is 11.2. The number of hydrogen-bond donors (Lipinski definition) is 1. The first-order valence-electron chi connectivity index (χ1n) is 6.61. The summed E-state index contributed by atoms with van der Waals surface area (Å²) in [5, 5.41) is 3.26. The molecule has 0 aliphatic rings. The summed E-state index contributed by atoms with van der Waals surface area (Å²) in [5.74, 6) is 1.41. The van der Waals surface area contributed by atoms with Crippen molar-refractivity contribution < 1.29 is 4.74 Å². The fourth-order valence-electron chi connectivity index (χ4n) is 1.62. The molecule has 0 unspecified atom stereocenters. The van der Waals surface area contributed by atoms with Gasteiger partial charge in [0.15, 0.2) is 0 Å². The van der Waals surface area contributed by atoms with E-state index in [1.807, 2.05) is 24.3 Å². The van der Waals surface area contributed by atoms with Crippen molar-refractivity contribution in [3.8, 4) is 5.88 Å². The van der Waals surface area contributed by atoms with Crippen LogP contribution >= 0.6 is 0 Å². The molecular weight excluding hydrogens is 238 g/mol. The minimum Gasteiger partial charge on any atom is -0.478 e. The predicted molar refractivity (Wildman–Crippen MR) is 76.2 cm³/mol. The van der Waals surface area contributed by atoms with Crippen LogP contribution in [0, 0.1) is 0 Å². The number of aromatic nitrogens is 2. The largest absolute Gasteiger partial charge is 0.478 e. The van der Waals surface area contributed by atoms with Gasteiger partial charge in [0.2, 0.25) is 5.88 Å². The molecule has 0 atom stereocenters. The van der Waals surface area contributed by atoms with Crippen molar-refractivity contribution in [3.05, 3.63) is 48.3 Å². The van der Waals surface area contributed by atoms with Gasteiger partial charge >= 0.3 is 0 Å². The van der Waals surface area contributed by atoms with Gasteiger partial charge in [-0.1, -0.05) is 43.7 Å². The summed E-state index contributed by atoms with van der Waals surface area (Å²) in [6, 6.07) is 12.0. The van der Waals surface area contributed by atoms with Crippen LogP contribution in [0.2, 0.25) is 0 Å². The second kappa shape index (κ2) is 7.36. The standard InChI is InChI=1S/C15H19N3O/c1-2-3-9-19-15-10-14(17-12-18-15)16-11-13-7-5-4-6-8-13/h4-8,10,12H,2-3,9,11H2,1H3,(H,16,17,18). The van der Waals surface area contributed by atoms with Crippen LogP contribution in [-0.4, -0.2) is 16.6 Å². The lowest BCUT2D eigenvalue weighted by molar-refractivity contribution is 0.297.